The summed E-state index contributed by atoms with van der Waals surface area (Å²) in [5, 5.41) is 7.99. The summed E-state index contributed by atoms with van der Waals surface area (Å²) < 4.78 is 0. The van der Waals surface area contributed by atoms with Crippen molar-refractivity contribution in [1.82, 2.24) is 10.2 Å². The minimum absolute atomic E-state index is 0.568. The fourth-order valence-corrected chi connectivity index (χ4v) is 1.45. The molecule has 0 fully saturated rings. The molecule has 0 radical (unpaired) electrons. The third-order valence-corrected chi connectivity index (χ3v) is 2.09. The van der Waals surface area contributed by atoms with Crippen LogP contribution < -0.4 is 0 Å². The maximum absolute atomic E-state index is 10.2. The highest BCUT2D eigenvalue weighted by Crippen LogP contribution is 2.16. The molecule has 0 aliphatic carbocycles. The van der Waals surface area contributed by atoms with Gasteiger partial charge >= 0.3 is 0 Å². The predicted molar refractivity (Wildman–Crippen MR) is 50.5 cm³/mol. The molecule has 0 amide bonds. The summed E-state index contributed by atoms with van der Waals surface area (Å²) in [5.74, 6) is 0. The van der Waals surface area contributed by atoms with Gasteiger partial charge in [-0.15, -0.1) is 0 Å². The van der Waals surface area contributed by atoms with Crippen molar-refractivity contribution in [3.63, 3.8) is 0 Å². The Labute approximate surface area is 75.8 Å². The van der Waals surface area contributed by atoms with Gasteiger partial charge < -0.3 is 4.79 Å². The summed E-state index contributed by atoms with van der Waals surface area (Å²) in [5.41, 5.74) is 2.20. The molecule has 2 aromatic rings. The number of hydrogen-bond acceptors (Lipinski definition) is 2. The van der Waals surface area contributed by atoms with Crippen molar-refractivity contribution in [1.29, 1.82) is 0 Å². The minimum atomic E-state index is 0.568. The van der Waals surface area contributed by atoms with Crippen LogP contribution in [0.3, 0.4) is 0 Å². The largest absolute Gasteiger partial charge is 0.303 e. The molecule has 2 rings (SSSR count). The maximum atomic E-state index is 10.2. The third-order valence-electron chi connectivity index (χ3n) is 2.09. The molecule has 3 heteroatoms. The second kappa shape index (κ2) is 3.39. The predicted octanol–water partition coefficient (Wildman–Crippen LogP) is 1.69. The van der Waals surface area contributed by atoms with Crippen molar-refractivity contribution < 1.29 is 4.79 Å². The first-order valence-electron chi connectivity index (χ1n) is 4.26. The topological polar surface area (TPSA) is 45.8 Å². The van der Waals surface area contributed by atoms with Gasteiger partial charge in [0.25, 0.3) is 0 Å². The van der Waals surface area contributed by atoms with E-state index >= 15 is 0 Å². The van der Waals surface area contributed by atoms with Crippen molar-refractivity contribution >= 4 is 17.2 Å². The van der Waals surface area contributed by atoms with Gasteiger partial charge in [-0.2, -0.15) is 5.10 Å². The number of aromatic nitrogens is 2. The zero-order chi connectivity index (χ0) is 9.10. The number of carbonyl (C=O) groups excluding carboxylic acids is 1. The van der Waals surface area contributed by atoms with Gasteiger partial charge in [0.05, 0.1) is 11.7 Å². The number of aromatic amines is 1. The van der Waals surface area contributed by atoms with Crippen molar-refractivity contribution in [3.8, 4) is 0 Å². The van der Waals surface area contributed by atoms with Crippen LogP contribution in [0, 0.1) is 0 Å². The molecule has 0 saturated heterocycles. The second-order valence-electron chi connectivity index (χ2n) is 2.96. The summed E-state index contributed by atoms with van der Waals surface area (Å²) in [6, 6.07) is 6.01. The van der Waals surface area contributed by atoms with Gasteiger partial charge in [-0.1, -0.05) is 18.2 Å². The summed E-state index contributed by atoms with van der Waals surface area (Å²) >= 11 is 0. The van der Waals surface area contributed by atoms with E-state index in [1.54, 1.807) is 6.20 Å². The Balaban J connectivity index is 2.42. The molecular weight excluding hydrogens is 164 g/mol. The molecule has 3 nitrogen and oxygen atoms in total. The van der Waals surface area contributed by atoms with Gasteiger partial charge in [-0.25, -0.2) is 0 Å². The minimum Gasteiger partial charge on any atom is -0.303 e. The fourth-order valence-electron chi connectivity index (χ4n) is 1.45. The van der Waals surface area contributed by atoms with Crippen molar-refractivity contribution in [2.24, 2.45) is 0 Å². The highest BCUT2D eigenvalue weighted by molar-refractivity contribution is 5.81. The summed E-state index contributed by atoms with van der Waals surface area (Å²) in [6.07, 6.45) is 4.08. The number of nitrogens with zero attached hydrogens (tertiary/aromatic N) is 1. The average Bonchev–Trinajstić information content (AvgIpc) is 2.62. The first-order valence-corrected chi connectivity index (χ1v) is 4.26. The van der Waals surface area contributed by atoms with Gasteiger partial charge in [0.2, 0.25) is 0 Å². The van der Waals surface area contributed by atoms with Crippen LogP contribution in [0.25, 0.3) is 10.9 Å². The quantitative estimate of drug-likeness (QED) is 0.720. The smallest absolute Gasteiger partial charge is 0.120 e. The number of rotatable bonds is 3. The molecule has 13 heavy (non-hydrogen) atoms. The number of aldehydes is 1. The van der Waals surface area contributed by atoms with Gasteiger partial charge in [-0.05, 0) is 12.0 Å². The lowest BCUT2D eigenvalue weighted by Gasteiger charge is -1.98. The zero-order valence-corrected chi connectivity index (χ0v) is 7.16. The Hall–Kier alpha value is -1.64. The van der Waals surface area contributed by atoms with E-state index in [4.69, 9.17) is 0 Å². The van der Waals surface area contributed by atoms with E-state index in [9.17, 15) is 4.79 Å². The lowest BCUT2D eigenvalue weighted by Crippen LogP contribution is -1.87. The Kier molecular flexibility index (Phi) is 2.08. The van der Waals surface area contributed by atoms with E-state index in [-0.39, 0.29) is 0 Å². The number of benzene rings is 1. The first-order chi connectivity index (χ1) is 6.42. The summed E-state index contributed by atoms with van der Waals surface area (Å²) in [7, 11) is 0. The van der Waals surface area contributed by atoms with Crippen LogP contribution in [0.5, 0.6) is 0 Å². The monoisotopic (exact) mass is 174 g/mol. The third kappa shape index (κ3) is 1.45. The molecule has 0 unspecified atom stereocenters. The van der Waals surface area contributed by atoms with Crippen LogP contribution in [0.2, 0.25) is 0 Å². The Bertz CT molecular complexity index is 420. The number of H-pyrrole nitrogens is 1. The number of hydrogen-bond donors (Lipinski definition) is 1. The van der Waals surface area contributed by atoms with E-state index in [1.165, 1.54) is 0 Å². The molecule has 0 bridgehead atoms. The highest BCUT2D eigenvalue weighted by atomic mass is 16.1. The molecule has 1 aromatic heterocycles. The van der Waals surface area contributed by atoms with Crippen molar-refractivity contribution in [2.45, 2.75) is 12.8 Å². The normalized spacial score (nSPS) is 10.5. The molecule has 1 N–H and O–H groups in total. The Morgan fingerprint density at radius 3 is 3.23 bits per heavy atom. The molecular formula is C10H10N2O. The van der Waals surface area contributed by atoms with E-state index in [2.05, 4.69) is 10.2 Å². The summed E-state index contributed by atoms with van der Waals surface area (Å²) in [4.78, 5) is 10.2. The van der Waals surface area contributed by atoms with Crippen molar-refractivity contribution in [2.75, 3.05) is 0 Å². The van der Waals surface area contributed by atoms with E-state index < -0.39 is 0 Å². The van der Waals surface area contributed by atoms with Crippen molar-refractivity contribution in [3.05, 3.63) is 30.0 Å². The zero-order valence-electron chi connectivity index (χ0n) is 7.16. The summed E-state index contributed by atoms with van der Waals surface area (Å²) in [6.45, 7) is 0. The van der Waals surface area contributed by atoms with Gasteiger partial charge in [0, 0.05) is 11.8 Å². The second-order valence-corrected chi connectivity index (χ2v) is 2.96. The molecule has 0 aliphatic rings. The van der Waals surface area contributed by atoms with E-state index in [1.807, 2.05) is 18.2 Å². The lowest BCUT2D eigenvalue weighted by molar-refractivity contribution is -0.107. The van der Waals surface area contributed by atoms with Crippen LogP contribution >= 0.6 is 0 Å². The molecule has 0 spiro atoms. The number of aryl methyl sites for hydroxylation is 1. The first kappa shape index (κ1) is 7.98. The van der Waals surface area contributed by atoms with Gasteiger partial charge in [0.1, 0.15) is 6.29 Å². The molecule has 66 valence electrons. The number of fused-ring (bicyclic) bond motifs is 1. The van der Waals surface area contributed by atoms with Crippen LogP contribution in [0.15, 0.2) is 24.4 Å². The van der Waals surface area contributed by atoms with Crippen LogP contribution in [0.4, 0.5) is 0 Å². The molecule has 1 heterocycles. The SMILES string of the molecule is O=CCCc1cccc2cn[nH]c12. The van der Waals surface area contributed by atoms with Gasteiger partial charge in [-0.3, -0.25) is 5.10 Å². The van der Waals surface area contributed by atoms with Crippen LogP contribution in [-0.4, -0.2) is 16.5 Å². The lowest BCUT2D eigenvalue weighted by atomic mass is 10.1. The average molecular weight is 174 g/mol. The fraction of sp³-hybridized carbons (Fsp3) is 0.200. The molecule has 0 atom stereocenters. The van der Waals surface area contributed by atoms with Gasteiger partial charge in [0.15, 0.2) is 0 Å². The standard InChI is InChI=1S/C10H10N2O/c13-6-2-5-8-3-1-4-9-7-11-12-10(8)9/h1,3-4,6-7H,2,5H2,(H,11,12). The highest BCUT2D eigenvalue weighted by Gasteiger charge is 2.00. The number of carbonyl (C=O) groups is 1. The molecule has 0 aliphatic heterocycles. The Morgan fingerprint density at radius 1 is 1.46 bits per heavy atom. The number of para-hydroxylation sites is 1. The molecule has 0 saturated carbocycles. The van der Waals surface area contributed by atoms with Crippen LogP contribution in [-0.2, 0) is 11.2 Å². The van der Waals surface area contributed by atoms with E-state index in [0.29, 0.717) is 6.42 Å². The Morgan fingerprint density at radius 2 is 2.38 bits per heavy atom. The number of nitrogens with one attached hydrogen (secondary N) is 1. The maximum Gasteiger partial charge on any atom is 0.120 e. The van der Waals surface area contributed by atoms with E-state index in [0.717, 1.165) is 29.2 Å². The van der Waals surface area contributed by atoms with Crippen LogP contribution in [0.1, 0.15) is 12.0 Å². The molecule has 1 aromatic carbocycles.